The molecule has 16 heavy (non-hydrogen) atoms. The molecule has 1 rings (SSSR count). The second-order valence-corrected chi connectivity index (χ2v) is 3.86. The number of carbonyl (C=O) groups is 1. The van der Waals surface area contributed by atoms with E-state index in [-0.39, 0.29) is 5.69 Å². The summed E-state index contributed by atoms with van der Waals surface area (Å²) >= 11 is 0. The topological polar surface area (TPSA) is 92.0 Å². The minimum atomic E-state index is -0.714. The van der Waals surface area contributed by atoms with E-state index in [1.807, 2.05) is 13.8 Å². The number of rotatable bonds is 6. The Balaban J connectivity index is 2.99. The number of hydrogen-bond acceptors (Lipinski definition) is 3. The molecule has 0 fully saturated rings. The summed E-state index contributed by atoms with van der Waals surface area (Å²) in [5.74, 6) is 0.140. The summed E-state index contributed by atoms with van der Waals surface area (Å²) in [4.78, 5) is 18.3. The van der Waals surface area contributed by atoms with E-state index >= 15 is 0 Å². The van der Waals surface area contributed by atoms with Gasteiger partial charge in [0.2, 0.25) is 0 Å². The van der Waals surface area contributed by atoms with Crippen molar-refractivity contribution < 1.29 is 9.90 Å². The highest BCUT2D eigenvalue weighted by molar-refractivity contribution is 5.92. The zero-order chi connectivity index (χ0) is 12.1. The van der Waals surface area contributed by atoms with Crippen molar-refractivity contribution >= 4 is 5.91 Å². The number of imidazole rings is 1. The fourth-order valence-corrected chi connectivity index (χ4v) is 1.63. The number of H-pyrrole nitrogens is 1. The quantitative estimate of drug-likeness (QED) is 0.681. The maximum atomic E-state index is 11.2. The molecular formula is C11H19N3O2. The first-order chi connectivity index (χ1) is 7.60. The van der Waals surface area contributed by atoms with Gasteiger partial charge in [-0.1, -0.05) is 20.3 Å². The fourth-order valence-electron chi connectivity index (χ4n) is 1.63. The van der Waals surface area contributed by atoms with Crippen LogP contribution in [0.3, 0.4) is 0 Å². The number of carbonyl (C=O) groups excluding carboxylic acids is 1. The predicted octanol–water partition coefficient (Wildman–Crippen LogP) is 1.29. The zero-order valence-corrected chi connectivity index (χ0v) is 9.79. The molecule has 0 radical (unpaired) electrons. The molecular weight excluding hydrogens is 206 g/mol. The molecule has 0 saturated heterocycles. The minimum absolute atomic E-state index is 0.240. The average molecular weight is 225 g/mol. The summed E-state index contributed by atoms with van der Waals surface area (Å²) in [6.45, 7) is 3.99. The Morgan fingerprint density at radius 3 is 2.69 bits per heavy atom. The van der Waals surface area contributed by atoms with E-state index in [0.29, 0.717) is 17.9 Å². The van der Waals surface area contributed by atoms with Gasteiger partial charge in [0.15, 0.2) is 0 Å². The number of aromatic amines is 1. The molecule has 0 aliphatic rings. The summed E-state index contributed by atoms with van der Waals surface area (Å²) in [6.07, 6.45) is 2.37. The lowest BCUT2D eigenvalue weighted by molar-refractivity contribution is 0.0985. The van der Waals surface area contributed by atoms with Crippen LogP contribution in [0.1, 0.15) is 61.2 Å². The van der Waals surface area contributed by atoms with Crippen molar-refractivity contribution in [1.82, 2.24) is 9.97 Å². The third-order valence-electron chi connectivity index (χ3n) is 2.39. The molecule has 1 heterocycles. The van der Waals surface area contributed by atoms with Crippen LogP contribution in [0.25, 0.3) is 0 Å². The van der Waals surface area contributed by atoms with E-state index in [9.17, 15) is 9.90 Å². The molecule has 5 nitrogen and oxygen atoms in total. The summed E-state index contributed by atoms with van der Waals surface area (Å²) in [5.41, 5.74) is 5.86. The molecule has 0 saturated carbocycles. The maximum Gasteiger partial charge on any atom is 0.267 e. The van der Waals surface area contributed by atoms with Crippen LogP contribution >= 0.6 is 0 Å². The molecule has 1 unspecified atom stereocenters. The lowest BCUT2D eigenvalue weighted by Crippen LogP contribution is -2.15. The molecule has 1 atom stereocenters. The number of aliphatic hydroxyl groups is 1. The highest BCUT2D eigenvalue weighted by Gasteiger charge is 2.20. The highest BCUT2D eigenvalue weighted by atomic mass is 16.3. The molecule has 0 bridgehead atoms. The Bertz CT molecular complexity index is 360. The van der Waals surface area contributed by atoms with Gasteiger partial charge in [-0.15, -0.1) is 0 Å². The van der Waals surface area contributed by atoms with Crippen molar-refractivity contribution in [1.29, 1.82) is 0 Å². The van der Waals surface area contributed by atoms with Gasteiger partial charge in [-0.05, 0) is 12.8 Å². The summed E-state index contributed by atoms with van der Waals surface area (Å²) in [5, 5.41) is 9.84. The number of primary amides is 1. The zero-order valence-electron chi connectivity index (χ0n) is 9.79. The van der Waals surface area contributed by atoms with Gasteiger partial charge < -0.3 is 15.8 Å². The summed E-state index contributed by atoms with van der Waals surface area (Å²) < 4.78 is 0. The van der Waals surface area contributed by atoms with Gasteiger partial charge in [0.1, 0.15) is 17.2 Å². The van der Waals surface area contributed by atoms with Crippen LogP contribution in [0.2, 0.25) is 0 Å². The molecule has 1 amide bonds. The summed E-state index contributed by atoms with van der Waals surface area (Å²) in [7, 11) is 0. The summed E-state index contributed by atoms with van der Waals surface area (Å²) in [6, 6.07) is 0. The number of nitrogens with zero attached hydrogens (tertiary/aromatic N) is 1. The first kappa shape index (κ1) is 12.7. The van der Waals surface area contributed by atoms with Crippen LogP contribution in [0.15, 0.2) is 0 Å². The third-order valence-corrected chi connectivity index (χ3v) is 2.39. The Kier molecular flexibility index (Phi) is 4.49. The molecule has 1 aromatic rings. The van der Waals surface area contributed by atoms with Gasteiger partial charge in [0.25, 0.3) is 5.91 Å². The minimum Gasteiger partial charge on any atom is -0.387 e. The molecule has 4 N–H and O–H groups in total. The van der Waals surface area contributed by atoms with Crippen LogP contribution in [-0.4, -0.2) is 21.0 Å². The SMILES string of the molecule is CCCc1nc(C(O)CCC)c(C(N)=O)[nH]1. The largest absolute Gasteiger partial charge is 0.387 e. The van der Waals surface area contributed by atoms with E-state index in [1.165, 1.54) is 0 Å². The second kappa shape index (κ2) is 5.65. The normalized spacial score (nSPS) is 12.7. The van der Waals surface area contributed by atoms with Crippen molar-refractivity contribution in [3.05, 3.63) is 17.2 Å². The smallest absolute Gasteiger partial charge is 0.267 e. The molecule has 0 spiro atoms. The van der Waals surface area contributed by atoms with Crippen molar-refractivity contribution in [3.8, 4) is 0 Å². The van der Waals surface area contributed by atoms with Crippen molar-refractivity contribution in [2.75, 3.05) is 0 Å². The van der Waals surface area contributed by atoms with Crippen molar-refractivity contribution in [2.24, 2.45) is 5.73 Å². The number of amides is 1. The number of aliphatic hydroxyl groups excluding tert-OH is 1. The number of nitrogens with one attached hydrogen (secondary N) is 1. The molecule has 0 aromatic carbocycles. The first-order valence-corrected chi connectivity index (χ1v) is 5.66. The van der Waals surface area contributed by atoms with Crippen LogP contribution in [0, 0.1) is 0 Å². The van der Waals surface area contributed by atoms with Crippen molar-refractivity contribution in [2.45, 2.75) is 45.6 Å². The average Bonchev–Trinajstić information content (AvgIpc) is 2.63. The van der Waals surface area contributed by atoms with E-state index < -0.39 is 12.0 Å². The highest BCUT2D eigenvalue weighted by Crippen LogP contribution is 2.20. The molecule has 0 aliphatic carbocycles. The van der Waals surface area contributed by atoms with E-state index in [4.69, 9.17) is 5.73 Å². The Labute approximate surface area is 95.1 Å². The molecule has 1 aromatic heterocycles. The lowest BCUT2D eigenvalue weighted by atomic mass is 10.1. The van der Waals surface area contributed by atoms with Gasteiger partial charge in [-0.3, -0.25) is 4.79 Å². The lowest BCUT2D eigenvalue weighted by Gasteiger charge is -2.06. The van der Waals surface area contributed by atoms with Gasteiger partial charge in [-0.25, -0.2) is 4.98 Å². The maximum absolute atomic E-state index is 11.2. The molecule has 90 valence electrons. The Hall–Kier alpha value is -1.36. The number of aromatic nitrogens is 2. The second-order valence-electron chi connectivity index (χ2n) is 3.86. The van der Waals surface area contributed by atoms with Gasteiger partial charge >= 0.3 is 0 Å². The van der Waals surface area contributed by atoms with Crippen molar-refractivity contribution in [3.63, 3.8) is 0 Å². The van der Waals surface area contributed by atoms with Crippen LogP contribution in [0.5, 0.6) is 0 Å². The van der Waals surface area contributed by atoms with Gasteiger partial charge in [0, 0.05) is 6.42 Å². The third kappa shape index (κ3) is 2.82. The predicted molar refractivity (Wildman–Crippen MR) is 61.0 cm³/mol. The first-order valence-electron chi connectivity index (χ1n) is 5.66. The van der Waals surface area contributed by atoms with E-state index in [0.717, 1.165) is 19.3 Å². The van der Waals surface area contributed by atoms with E-state index in [1.54, 1.807) is 0 Å². The number of hydrogen-bond donors (Lipinski definition) is 3. The number of nitrogens with two attached hydrogens (primary N) is 1. The standard InChI is InChI=1S/C11H19N3O2/c1-3-5-7(15)9-10(11(12)16)14-8(13-9)6-4-2/h7,15H,3-6H2,1-2H3,(H2,12,16)(H,13,14). The Morgan fingerprint density at radius 1 is 1.50 bits per heavy atom. The molecule has 0 aliphatic heterocycles. The van der Waals surface area contributed by atoms with E-state index in [2.05, 4.69) is 9.97 Å². The number of aryl methyl sites for hydroxylation is 1. The Morgan fingerprint density at radius 2 is 2.19 bits per heavy atom. The van der Waals surface area contributed by atoms with Gasteiger partial charge in [0.05, 0.1) is 6.10 Å². The van der Waals surface area contributed by atoms with Crippen LogP contribution in [0.4, 0.5) is 0 Å². The van der Waals surface area contributed by atoms with Crippen LogP contribution in [-0.2, 0) is 6.42 Å². The van der Waals surface area contributed by atoms with Crippen LogP contribution < -0.4 is 5.73 Å². The molecule has 5 heteroatoms. The fraction of sp³-hybridized carbons (Fsp3) is 0.636. The monoisotopic (exact) mass is 225 g/mol. The van der Waals surface area contributed by atoms with Gasteiger partial charge in [-0.2, -0.15) is 0 Å².